The first-order valence-electron chi connectivity index (χ1n) is 12.1. The number of carbonyl (C=O) groups is 1. The van der Waals surface area contributed by atoms with Gasteiger partial charge in [0, 0.05) is 6.42 Å². The van der Waals surface area contributed by atoms with E-state index in [-0.39, 0.29) is 6.42 Å². The molecule has 6 N–H and O–H groups in total. The van der Waals surface area contributed by atoms with E-state index in [1.165, 1.54) is 51.4 Å². The highest BCUT2D eigenvalue weighted by Gasteiger charge is 2.51. The highest BCUT2D eigenvalue weighted by Crippen LogP contribution is 2.48. The molecular formula is C22H43O9P. The fourth-order valence-corrected chi connectivity index (χ4v) is 5.12. The first-order valence-corrected chi connectivity index (χ1v) is 13.7. The van der Waals surface area contributed by atoms with Gasteiger partial charge in [0.1, 0.15) is 36.6 Å². The Morgan fingerprint density at radius 2 is 1.00 bits per heavy atom. The molecule has 10 heteroatoms. The van der Waals surface area contributed by atoms with E-state index in [1.54, 1.807) is 0 Å². The summed E-state index contributed by atoms with van der Waals surface area (Å²) >= 11 is 0. The maximum absolute atomic E-state index is 12.3. The van der Waals surface area contributed by atoms with Gasteiger partial charge in [-0.3, -0.25) is 13.9 Å². The van der Waals surface area contributed by atoms with Gasteiger partial charge in [-0.15, -0.1) is 0 Å². The van der Waals surface area contributed by atoms with Crippen LogP contribution in [0.3, 0.4) is 0 Å². The minimum Gasteiger partial charge on any atom is -0.387 e. The van der Waals surface area contributed by atoms with Crippen LogP contribution in [0.5, 0.6) is 0 Å². The summed E-state index contributed by atoms with van der Waals surface area (Å²) in [6.45, 7) is 2.21. The summed E-state index contributed by atoms with van der Waals surface area (Å²) in [4.78, 5) is 22.0. The average Bonchev–Trinajstić information content (AvgIpc) is 2.77. The van der Waals surface area contributed by atoms with Crippen molar-refractivity contribution in [2.24, 2.45) is 0 Å². The Bertz CT molecular complexity index is 558. The van der Waals surface area contributed by atoms with Gasteiger partial charge >= 0.3 is 7.60 Å². The monoisotopic (exact) mass is 482 g/mol. The summed E-state index contributed by atoms with van der Waals surface area (Å²) in [6, 6.07) is 0. The molecule has 1 aliphatic rings. The molecule has 9 nitrogen and oxygen atoms in total. The van der Waals surface area contributed by atoms with Gasteiger partial charge in [0.25, 0.3) is 0 Å². The number of hydrogen-bond acceptors (Lipinski definition) is 8. The average molecular weight is 483 g/mol. The molecule has 0 aromatic carbocycles. The molecule has 0 bridgehead atoms. The molecule has 0 heterocycles. The predicted molar refractivity (Wildman–Crippen MR) is 120 cm³/mol. The van der Waals surface area contributed by atoms with Crippen LogP contribution in [-0.2, 0) is 13.9 Å². The normalized spacial score (nSPS) is 30.2. The van der Waals surface area contributed by atoms with Crippen molar-refractivity contribution in [3.05, 3.63) is 0 Å². The molecule has 0 aliphatic heterocycles. The minimum absolute atomic E-state index is 0.182. The van der Waals surface area contributed by atoms with Crippen molar-refractivity contribution in [3.8, 4) is 0 Å². The van der Waals surface area contributed by atoms with Gasteiger partial charge in [-0.25, -0.2) is 0 Å². The van der Waals surface area contributed by atoms with Crippen molar-refractivity contribution < 1.29 is 44.3 Å². The van der Waals surface area contributed by atoms with Gasteiger partial charge < -0.3 is 30.4 Å². The van der Waals surface area contributed by atoms with Crippen LogP contribution in [-0.4, -0.2) is 72.6 Å². The van der Waals surface area contributed by atoms with Gasteiger partial charge in [0.2, 0.25) is 5.52 Å². The van der Waals surface area contributed by atoms with Gasteiger partial charge in [-0.2, -0.15) is 0 Å². The van der Waals surface area contributed by atoms with Crippen molar-refractivity contribution in [3.63, 3.8) is 0 Å². The standard InChI is InChI=1S/C22H43O9P/c1-2-3-4-5-6-7-8-9-10-11-12-13-14-15-16(23)32(29,30)31-22-20(27)18(25)17(24)19(26)21(22)28/h17-22,24-28H,2-15H2,1H3,(H,29,30)/t17?,18-,19-,20-,21+,22?/m0/s1. The SMILES string of the molecule is CCCCCCCCCCCCCCCC(=O)P(=O)(O)OC1[C@@H](O)[C@@H](O)C(O)[C@H](O)[C@H]1O. The number of hydrogen-bond donors (Lipinski definition) is 6. The summed E-state index contributed by atoms with van der Waals surface area (Å²) < 4.78 is 17.0. The summed E-state index contributed by atoms with van der Waals surface area (Å²) in [5.74, 6) is 0. The van der Waals surface area contributed by atoms with Crippen LogP contribution >= 0.6 is 7.60 Å². The minimum atomic E-state index is -4.85. The second kappa shape index (κ2) is 15.5. The Balaban J connectivity index is 2.20. The maximum atomic E-state index is 12.3. The molecule has 190 valence electrons. The van der Waals surface area contributed by atoms with Crippen LogP contribution < -0.4 is 0 Å². The summed E-state index contributed by atoms with van der Waals surface area (Å²) in [6.07, 6.45) is 2.97. The first-order chi connectivity index (χ1) is 15.1. The lowest BCUT2D eigenvalue weighted by Gasteiger charge is -2.41. The Morgan fingerprint density at radius 3 is 1.41 bits per heavy atom. The third-order valence-corrected chi connectivity index (χ3v) is 7.53. The Hall–Kier alpha value is -0.380. The lowest BCUT2D eigenvalue weighted by atomic mass is 9.85. The van der Waals surface area contributed by atoms with Crippen LogP contribution in [0.15, 0.2) is 0 Å². The highest BCUT2D eigenvalue weighted by atomic mass is 31.2. The van der Waals surface area contributed by atoms with Crippen molar-refractivity contribution >= 4 is 13.1 Å². The fraction of sp³-hybridized carbons (Fsp3) is 0.955. The van der Waals surface area contributed by atoms with Crippen LogP contribution in [0.2, 0.25) is 0 Å². The third kappa shape index (κ3) is 9.85. The number of aliphatic hydroxyl groups is 5. The molecule has 0 radical (unpaired) electrons. The van der Waals surface area contributed by atoms with Crippen molar-refractivity contribution in [2.45, 2.75) is 133 Å². The summed E-state index contributed by atoms with van der Waals surface area (Å²) in [5, 5.41) is 48.6. The quantitative estimate of drug-likeness (QED) is 0.135. The molecule has 0 aromatic heterocycles. The molecule has 0 aromatic rings. The Morgan fingerprint density at radius 1 is 0.656 bits per heavy atom. The largest absolute Gasteiger partial charge is 0.394 e. The lowest BCUT2D eigenvalue weighted by Crippen LogP contribution is -2.64. The molecule has 0 saturated heterocycles. The van der Waals surface area contributed by atoms with Gasteiger partial charge in [-0.1, -0.05) is 84.0 Å². The topological polar surface area (TPSA) is 165 Å². The molecule has 7 atom stereocenters. The molecule has 32 heavy (non-hydrogen) atoms. The van der Waals surface area contributed by atoms with Crippen molar-refractivity contribution in [1.29, 1.82) is 0 Å². The summed E-state index contributed by atoms with van der Waals surface area (Å²) in [7, 11) is -4.85. The second-order valence-corrected chi connectivity index (χ2v) is 10.7. The van der Waals surface area contributed by atoms with Crippen LogP contribution in [0, 0.1) is 0 Å². The zero-order valence-corrected chi connectivity index (χ0v) is 20.1. The number of aliphatic hydroxyl groups excluding tert-OH is 5. The smallest absolute Gasteiger partial charge is 0.387 e. The molecule has 1 saturated carbocycles. The van der Waals surface area contributed by atoms with Gasteiger partial charge in [0.15, 0.2) is 0 Å². The van der Waals surface area contributed by atoms with Crippen LogP contribution in [0.4, 0.5) is 0 Å². The van der Waals surface area contributed by atoms with E-state index in [2.05, 4.69) is 6.92 Å². The summed E-state index contributed by atoms with van der Waals surface area (Å²) in [5.41, 5.74) is -1.05. The van der Waals surface area contributed by atoms with E-state index in [9.17, 15) is 39.8 Å². The third-order valence-electron chi connectivity index (χ3n) is 6.15. The molecule has 0 spiro atoms. The molecule has 3 unspecified atom stereocenters. The second-order valence-electron chi connectivity index (χ2n) is 8.93. The number of unbranched alkanes of at least 4 members (excludes halogenated alkanes) is 12. The molecule has 1 fully saturated rings. The fourth-order valence-electron chi connectivity index (χ4n) is 3.98. The van der Waals surface area contributed by atoms with E-state index < -0.39 is 49.7 Å². The Labute approximate surface area is 191 Å². The van der Waals surface area contributed by atoms with Crippen LogP contribution in [0.1, 0.15) is 96.8 Å². The van der Waals surface area contributed by atoms with E-state index in [0.29, 0.717) is 6.42 Å². The van der Waals surface area contributed by atoms with Gasteiger partial charge in [0.05, 0.1) is 0 Å². The lowest BCUT2D eigenvalue weighted by molar-refractivity contribution is -0.218. The van der Waals surface area contributed by atoms with Gasteiger partial charge in [-0.05, 0) is 6.42 Å². The van der Waals surface area contributed by atoms with E-state index in [1.807, 2.05) is 0 Å². The first kappa shape index (κ1) is 29.7. The van der Waals surface area contributed by atoms with Crippen LogP contribution in [0.25, 0.3) is 0 Å². The van der Waals surface area contributed by atoms with E-state index in [4.69, 9.17) is 4.52 Å². The molecular weight excluding hydrogens is 439 g/mol. The van der Waals surface area contributed by atoms with Crippen molar-refractivity contribution in [2.75, 3.05) is 0 Å². The molecule has 1 aliphatic carbocycles. The highest BCUT2D eigenvalue weighted by molar-refractivity contribution is 7.70. The maximum Gasteiger partial charge on any atom is 0.394 e. The van der Waals surface area contributed by atoms with E-state index >= 15 is 0 Å². The van der Waals surface area contributed by atoms with Crippen molar-refractivity contribution in [1.82, 2.24) is 0 Å². The molecule has 1 rings (SSSR count). The Kier molecular flexibility index (Phi) is 14.4. The zero-order chi connectivity index (χ0) is 24.1. The molecule has 0 amide bonds. The number of carbonyl (C=O) groups excluding carboxylic acids is 1. The zero-order valence-electron chi connectivity index (χ0n) is 19.2. The van der Waals surface area contributed by atoms with E-state index in [0.717, 1.165) is 25.7 Å². The number of rotatable bonds is 17. The predicted octanol–water partition coefficient (Wildman–Crippen LogP) is 2.38.